The molecule has 0 unspecified atom stereocenters. The Morgan fingerprint density at radius 2 is 1.34 bits per heavy atom. The van der Waals surface area contributed by atoms with E-state index in [-0.39, 0.29) is 57.5 Å². The van der Waals surface area contributed by atoms with Crippen molar-refractivity contribution in [2.45, 2.75) is 11.8 Å². The Bertz CT molecular complexity index is 2570. The summed E-state index contributed by atoms with van der Waals surface area (Å²) in [4.78, 5) is 35.5. The van der Waals surface area contributed by atoms with E-state index in [4.69, 9.17) is 4.74 Å². The van der Waals surface area contributed by atoms with E-state index in [1.54, 1.807) is 37.3 Å². The third kappa shape index (κ3) is 11.3. The molecule has 0 saturated carbocycles. The lowest BCUT2D eigenvalue weighted by Crippen LogP contribution is -2.17. The van der Waals surface area contributed by atoms with Crippen molar-refractivity contribution >= 4 is 84.1 Å². The van der Waals surface area contributed by atoms with Gasteiger partial charge in [0.15, 0.2) is 0 Å². The van der Waals surface area contributed by atoms with Gasteiger partial charge in [-0.3, -0.25) is 9.11 Å². The van der Waals surface area contributed by atoms with Crippen LogP contribution in [-0.2, 0) is 20.2 Å². The van der Waals surface area contributed by atoms with E-state index in [9.17, 15) is 45.7 Å². The minimum absolute atomic E-state index is 0.00571. The Kier molecular flexibility index (Phi) is 12.2. The molecule has 0 amide bonds. The molecule has 0 radical (unpaired) electrons. The maximum absolute atomic E-state index is 11.5. The molecule has 0 fully saturated rings. The number of hydrogen-bond acceptors (Lipinski definition) is 17. The molecule has 0 aliphatic carbocycles. The van der Waals surface area contributed by atoms with E-state index in [1.807, 2.05) is 0 Å². The average Bonchev–Trinajstić information content (AvgIpc) is 3.13. The average molecular weight is 807 g/mol. The number of carbonyl (C=O) groups is 2. The molecule has 1 aromatic heterocycles. The number of aryl methyl sites for hydroxylation is 1. The molecule has 290 valence electrons. The molecule has 23 heteroatoms. The van der Waals surface area contributed by atoms with Crippen LogP contribution in [0.15, 0.2) is 104 Å². The summed E-state index contributed by atoms with van der Waals surface area (Å²) in [6.07, 6.45) is 0. The molecular formula is C33H30N10O11S2. The number of ether oxygens (including phenoxy) is 1. The van der Waals surface area contributed by atoms with Crippen LogP contribution in [0.4, 0.5) is 52.0 Å². The van der Waals surface area contributed by atoms with Gasteiger partial charge in [-0.25, -0.2) is 9.59 Å². The highest BCUT2D eigenvalue weighted by molar-refractivity contribution is 7.86. The zero-order valence-electron chi connectivity index (χ0n) is 29.0. The fraction of sp³-hybridized carbons (Fsp3) is 0.121. The number of azo groups is 2. The lowest BCUT2D eigenvalue weighted by molar-refractivity contribution is 0.0696. The standard InChI is InChI=1S/C33H30N10O11S2/c1-18-12-21(6-8-26(18)43-42-24-14-19(29(44)45)13-20(15-24)30(46)47)35-32-37-31(34-10-11-55(48,49)50)38-33(39-32)36-27-9-7-23(17-28(27)54-2)41-40-22-4-3-5-25(16-22)56(51,52)53/h3-9,12-17H,10-11H2,1-2H3,(H,44,45)(H,46,47)(H,48,49,50)(H,51,52,53)(H3,34,35,36,37,38,39). The van der Waals surface area contributed by atoms with Crippen LogP contribution in [0.2, 0.25) is 0 Å². The first-order chi connectivity index (χ1) is 26.4. The lowest BCUT2D eigenvalue weighted by atomic mass is 10.1. The van der Waals surface area contributed by atoms with Crippen molar-refractivity contribution in [2.24, 2.45) is 20.5 Å². The summed E-state index contributed by atoms with van der Waals surface area (Å²) in [6, 6.07) is 18.1. The van der Waals surface area contributed by atoms with Crippen LogP contribution >= 0.6 is 0 Å². The summed E-state index contributed by atoms with van der Waals surface area (Å²) in [6.45, 7) is 1.46. The molecule has 5 rings (SSSR count). The van der Waals surface area contributed by atoms with Crippen molar-refractivity contribution in [1.82, 2.24) is 15.0 Å². The highest BCUT2D eigenvalue weighted by Gasteiger charge is 2.15. The molecular weight excluding hydrogens is 777 g/mol. The highest BCUT2D eigenvalue weighted by Crippen LogP contribution is 2.33. The number of anilines is 5. The van der Waals surface area contributed by atoms with E-state index in [0.717, 1.165) is 12.1 Å². The lowest BCUT2D eigenvalue weighted by Gasteiger charge is -2.13. The van der Waals surface area contributed by atoms with E-state index in [0.29, 0.717) is 28.3 Å². The SMILES string of the molecule is COc1cc(N=Nc2cccc(S(=O)(=O)O)c2)ccc1Nc1nc(NCCS(=O)(=O)O)nc(Nc2ccc(N=Nc3cc(C(=O)O)cc(C(=O)O)c3)c(C)c2)n1. The number of methoxy groups -OCH3 is 1. The van der Waals surface area contributed by atoms with Gasteiger partial charge in [-0.2, -0.15) is 52.2 Å². The van der Waals surface area contributed by atoms with Crippen molar-refractivity contribution in [3.63, 3.8) is 0 Å². The normalized spacial score (nSPS) is 11.8. The Hall–Kier alpha value is -6.95. The Morgan fingerprint density at radius 1 is 0.714 bits per heavy atom. The number of benzene rings is 4. The van der Waals surface area contributed by atoms with Gasteiger partial charge in [0.1, 0.15) is 5.75 Å². The number of nitrogens with zero attached hydrogens (tertiary/aromatic N) is 7. The molecule has 0 bridgehead atoms. The smallest absolute Gasteiger partial charge is 0.335 e. The summed E-state index contributed by atoms with van der Waals surface area (Å²) >= 11 is 0. The van der Waals surface area contributed by atoms with Crippen molar-refractivity contribution < 1.29 is 50.5 Å². The summed E-state index contributed by atoms with van der Waals surface area (Å²) in [5.74, 6) is -3.14. The minimum atomic E-state index is -4.44. The fourth-order valence-corrected chi connectivity index (χ4v) is 5.53. The van der Waals surface area contributed by atoms with E-state index in [2.05, 4.69) is 51.4 Å². The van der Waals surface area contributed by atoms with Crippen LogP contribution in [0, 0.1) is 6.92 Å². The van der Waals surface area contributed by atoms with Gasteiger partial charge in [0.25, 0.3) is 20.2 Å². The van der Waals surface area contributed by atoms with Gasteiger partial charge in [0, 0.05) is 18.3 Å². The fourth-order valence-electron chi connectivity index (χ4n) is 4.65. The second-order valence-electron chi connectivity index (χ2n) is 11.4. The molecule has 0 spiro atoms. The van der Waals surface area contributed by atoms with Gasteiger partial charge in [-0.15, -0.1) is 0 Å². The molecule has 7 N–H and O–H groups in total. The molecule has 0 saturated heterocycles. The molecule has 56 heavy (non-hydrogen) atoms. The highest BCUT2D eigenvalue weighted by atomic mass is 32.2. The zero-order valence-corrected chi connectivity index (χ0v) is 30.6. The second kappa shape index (κ2) is 17.0. The number of aromatic carboxylic acids is 2. The van der Waals surface area contributed by atoms with Crippen LogP contribution in [-0.4, -0.2) is 82.5 Å². The monoisotopic (exact) mass is 806 g/mol. The topological polar surface area (TPSA) is 317 Å². The van der Waals surface area contributed by atoms with Crippen LogP contribution in [0.3, 0.4) is 0 Å². The van der Waals surface area contributed by atoms with E-state index >= 15 is 0 Å². The van der Waals surface area contributed by atoms with Crippen molar-refractivity contribution in [1.29, 1.82) is 0 Å². The van der Waals surface area contributed by atoms with E-state index < -0.39 is 37.9 Å². The summed E-state index contributed by atoms with van der Waals surface area (Å²) < 4.78 is 69.5. The largest absolute Gasteiger partial charge is 0.494 e. The number of carboxylic acids is 2. The maximum atomic E-state index is 11.5. The number of nitrogens with one attached hydrogen (secondary N) is 3. The summed E-state index contributed by atoms with van der Waals surface area (Å²) in [7, 11) is -7.35. The maximum Gasteiger partial charge on any atom is 0.335 e. The second-order valence-corrected chi connectivity index (χ2v) is 14.4. The third-order valence-electron chi connectivity index (χ3n) is 7.24. The molecule has 5 aromatic rings. The van der Waals surface area contributed by atoms with Gasteiger partial charge in [0.05, 0.1) is 57.3 Å². The molecule has 4 aromatic carbocycles. The van der Waals surface area contributed by atoms with Crippen LogP contribution in [0.1, 0.15) is 26.3 Å². The molecule has 0 aliphatic rings. The Labute approximate surface area is 317 Å². The van der Waals surface area contributed by atoms with Crippen LogP contribution in [0.25, 0.3) is 0 Å². The van der Waals surface area contributed by atoms with Gasteiger partial charge in [-0.05, 0) is 79.2 Å². The Balaban J connectivity index is 1.38. The predicted molar refractivity (Wildman–Crippen MR) is 200 cm³/mol. The quantitative estimate of drug-likeness (QED) is 0.0416. The first-order valence-corrected chi connectivity index (χ1v) is 18.8. The van der Waals surface area contributed by atoms with Crippen LogP contribution < -0.4 is 20.7 Å². The van der Waals surface area contributed by atoms with Gasteiger partial charge >= 0.3 is 11.9 Å². The van der Waals surface area contributed by atoms with E-state index in [1.165, 1.54) is 43.5 Å². The van der Waals surface area contributed by atoms with Gasteiger partial charge < -0.3 is 30.9 Å². The Morgan fingerprint density at radius 3 is 1.95 bits per heavy atom. The number of aromatic nitrogens is 3. The first-order valence-electron chi connectivity index (χ1n) is 15.8. The first kappa shape index (κ1) is 40.2. The number of rotatable bonds is 16. The summed E-state index contributed by atoms with van der Waals surface area (Å²) in [5.41, 5.74) is 1.75. The van der Waals surface area contributed by atoms with Crippen molar-refractivity contribution in [3.05, 3.63) is 95.6 Å². The minimum Gasteiger partial charge on any atom is -0.494 e. The molecule has 1 heterocycles. The van der Waals surface area contributed by atoms with Crippen molar-refractivity contribution in [3.8, 4) is 5.75 Å². The molecule has 0 aliphatic heterocycles. The van der Waals surface area contributed by atoms with Crippen molar-refractivity contribution in [2.75, 3.05) is 35.4 Å². The summed E-state index contributed by atoms with van der Waals surface area (Å²) in [5, 5.41) is 43.7. The molecule has 0 atom stereocenters. The van der Waals surface area contributed by atoms with Gasteiger partial charge in [-0.1, -0.05) is 6.07 Å². The molecule has 21 nitrogen and oxygen atoms in total. The third-order valence-corrected chi connectivity index (χ3v) is 8.81. The van der Waals surface area contributed by atoms with Gasteiger partial charge in [0.2, 0.25) is 17.8 Å². The predicted octanol–water partition coefficient (Wildman–Crippen LogP) is 6.45. The van der Waals surface area contributed by atoms with Crippen LogP contribution in [0.5, 0.6) is 5.75 Å². The number of carboxylic acid groups (broad SMARTS) is 2. The number of hydrogen-bond donors (Lipinski definition) is 7. The zero-order chi connectivity index (χ0) is 40.6.